The van der Waals surface area contributed by atoms with E-state index in [0.29, 0.717) is 6.42 Å². The van der Waals surface area contributed by atoms with Gasteiger partial charge in [-0.15, -0.1) is 0 Å². The molecule has 50 heavy (non-hydrogen) atoms. The molecule has 1 saturated heterocycles. The second-order valence-corrected chi connectivity index (χ2v) is 13.7. The Morgan fingerprint density at radius 3 is 1.72 bits per heavy atom. The zero-order chi connectivity index (χ0) is 36.7. The number of ether oxygens (including phenoxy) is 4. The molecule has 10 nitrogen and oxygen atoms in total. The first-order valence-corrected chi connectivity index (χ1v) is 19.9. The van der Waals surface area contributed by atoms with Crippen LogP contribution in [0.5, 0.6) is 0 Å². The minimum absolute atomic E-state index is 0.168. The summed E-state index contributed by atoms with van der Waals surface area (Å²) in [5, 5.41) is 39.9. The van der Waals surface area contributed by atoms with Crippen molar-refractivity contribution in [1.82, 2.24) is 0 Å². The molecule has 0 aromatic carbocycles. The maximum Gasteiger partial charge on any atom is 0.306 e. The van der Waals surface area contributed by atoms with Gasteiger partial charge in [-0.3, -0.25) is 9.59 Å². The molecule has 1 aliphatic heterocycles. The van der Waals surface area contributed by atoms with E-state index in [4.69, 9.17) is 18.9 Å². The van der Waals surface area contributed by atoms with Gasteiger partial charge >= 0.3 is 11.9 Å². The highest BCUT2D eigenvalue weighted by Crippen LogP contribution is 2.22. The number of hydrogen-bond donors (Lipinski definition) is 4. The summed E-state index contributed by atoms with van der Waals surface area (Å²) < 4.78 is 22.0. The van der Waals surface area contributed by atoms with E-state index in [1.54, 1.807) is 0 Å². The van der Waals surface area contributed by atoms with E-state index in [9.17, 15) is 30.0 Å². The third kappa shape index (κ3) is 23.6. The van der Waals surface area contributed by atoms with Crippen LogP contribution in [0.15, 0.2) is 24.3 Å². The van der Waals surface area contributed by atoms with Crippen LogP contribution in [0, 0.1) is 0 Å². The molecule has 0 aliphatic carbocycles. The van der Waals surface area contributed by atoms with E-state index in [1.165, 1.54) is 83.5 Å². The first kappa shape index (κ1) is 46.2. The fourth-order valence-electron chi connectivity index (χ4n) is 5.87. The van der Waals surface area contributed by atoms with Crippen LogP contribution in [-0.4, -0.2) is 89.0 Å². The number of aliphatic hydroxyl groups is 4. The van der Waals surface area contributed by atoms with Crippen molar-refractivity contribution in [3.63, 3.8) is 0 Å². The van der Waals surface area contributed by atoms with Crippen molar-refractivity contribution in [2.24, 2.45) is 0 Å². The quantitative estimate of drug-likeness (QED) is 0.0316. The Bertz CT molecular complexity index is 876. The van der Waals surface area contributed by atoms with Crippen LogP contribution in [0.4, 0.5) is 0 Å². The largest absolute Gasteiger partial charge is 0.462 e. The summed E-state index contributed by atoms with van der Waals surface area (Å²) in [5.41, 5.74) is 0. The van der Waals surface area contributed by atoms with Crippen LogP contribution < -0.4 is 0 Å². The van der Waals surface area contributed by atoms with Crippen LogP contribution >= 0.6 is 0 Å². The molecule has 0 bridgehead atoms. The normalized spacial score (nSPS) is 21.6. The van der Waals surface area contributed by atoms with Gasteiger partial charge in [0.15, 0.2) is 12.4 Å². The summed E-state index contributed by atoms with van der Waals surface area (Å²) in [6, 6.07) is 0. The molecule has 1 rings (SSSR count). The Hall–Kier alpha value is -1.82. The first-order valence-electron chi connectivity index (χ1n) is 19.9. The lowest BCUT2D eigenvalue weighted by molar-refractivity contribution is -0.305. The molecule has 0 radical (unpaired) electrons. The maximum atomic E-state index is 12.7. The third-order valence-electron chi connectivity index (χ3n) is 9.09. The number of esters is 2. The van der Waals surface area contributed by atoms with Gasteiger partial charge in [0.25, 0.3) is 0 Å². The fourth-order valence-corrected chi connectivity index (χ4v) is 5.87. The standard InChI is InChI=1S/C40H72O10/c1-3-5-7-9-11-13-14-15-16-17-18-19-20-21-23-25-27-29-36(43)49-33(31-47-35(42)28-26-24-22-12-10-8-6-4-2)32-48-40-39(46)38(45)37(44)34(30-41)50-40/h18-19,21,23,33-34,37-41,44-46H,3-17,20,22,24-32H2,1-2H3/b19-18+,23-21+/t33-,34-,37+,38?,39?,40-/m1/s1. The molecule has 1 heterocycles. The Labute approximate surface area is 303 Å². The lowest BCUT2D eigenvalue weighted by Crippen LogP contribution is -2.59. The van der Waals surface area contributed by atoms with Gasteiger partial charge in [-0.25, -0.2) is 0 Å². The average molecular weight is 713 g/mol. The SMILES string of the molecule is CCCCCCCCCCC/C=C/C/C=C/CCCC(=O)O[C@H](COC(=O)CCCCCCCCCC)CO[C@@H]1O[C@H](CO)[C@H](O)C(O)C1O. The van der Waals surface area contributed by atoms with Crippen molar-refractivity contribution in [3.8, 4) is 0 Å². The van der Waals surface area contributed by atoms with Gasteiger partial charge in [-0.1, -0.05) is 134 Å². The zero-order valence-corrected chi connectivity index (χ0v) is 31.4. The average Bonchev–Trinajstić information content (AvgIpc) is 3.11. The number of carbonyl (C=O) groups excluding carboxylic acids is 2. The summed E-state index contributed by atoms with van der Waals surface area (Å²) in [6.45, 7) is 3.33. The molecule has 1 fully saturated rings. The van der Waals surface area contributed by atoms with Crippen LogP contribution in [0.1, 0.15) is 162 Å². The Kier molecular flexibility index (Phi) is 29.5. The molecule has 10 heteroatoms. The van der Waals surface area contributed by atoms with Crippen LogP contribution in [0.2, 0.25) is 0 Å². The molecule has 2 unspecified atom stereocenters. The van der Waals surface area contributed by atoms with Gasteiger partial charge in [-0.2, -0.15) is 0 Å². The molecule has 1 aliphatic rings. The molecule has 0 aromatic heterocycles. The minimum atomic E-state index is -1.60. The van der Waals surface area contributed by atoms with Gasteiger partial charge in [0.1, 0.15) is 31.0 Å². The summed E-state index contributed by atoms with van der Waals surface area (Å²) in [6.07, 6.45) is 25.0. The van der Waals surface area contributed by atoms with Crippen LogP contribution in [0.3, 0.4) is 0 Å². The summed E-state index contributed by atoms with van der Waals surface area (Å²) in [4.78, 5) is 25.1. The van der Waals surface area contributed by atoms with Crippen molar-refractivity contribution in [3.05, 3.63) is 24.3 Å². The third-order valence-corrected chi connectivity index (χ3v) is 9.09. The monoisotopic (exact) mass is 713 g/mol. The maximum absolute atomic E-state index is 12.7. The van der Waals surface area contributed by atoms with Crippen molar-refractivity contribution in [1.29, 1.82) is 0 Å². The van der Waals surface area contributed by atoms with Crippen molar-refractivity contribution in [2.75, 3.05) is 19.8 Å². The Morgan fingerprint density at radius 2 is 1.14 bits per heavy atom. The van der Waals surface area contributed by atoms with Crippen molar-refractivity contribution >= 4 is 11.9 Å². The second-order valence-electron chi connectivity index (χ2n) is 13.7. The van der Waals surface area contributed by atoms with Crippen molar-refractivity contribution in [2.45, 2.75) is 198 Å². The molecule has 0 amide bonds. The van der Waals surface area contributed by atoms with Crippen molar-refractivity contribution < 1.29 is 49.0 Å². The van der Waals surface area contributed by atoms with E-state index < -0.39 is 55.4 Å². The Morgan fingerprint density at radius 1 is 0.620 bits per heavy atom. The van der Waals surface area contributed by atoms with E-state index in [-0.39, 0.29) is 26.1 Å². The smallest absolute Gasteiger partial charge is 0.306 e. The predicted molar refractivity (Wildman–Crippen MR) is 196 cm³/mol. The van der Waals surface area contributed by atoms with Crippen LogP contribution in [0.25, 0.3) is 0 Å². The van der Waals surface area contributed by atoms with E-state index in [1.807, 2.05) is 0 Å². The number of allylic oxidation sites excluding steroid dienone is 4. The van der Waals surface area contributed by atoms with Gasteiger partial charge in [0.2, 0.25) is 0 Å². The molecule has 292 valence electrons. The lowest BCUT2D eigenvalue weighted by Gasteiger charge is -2.39. The molecule has 0 aromatic rings. The fraction of sp³-hybridized carbons (Fsp3) is 0.850. The summed E-state index contributed by atoms with van der Waals surface area (Å²) >= 11 is 0. The van der Waals surface area contributed by atoms with E-state index >= 15 is 0 Å². The molecule has 6 atom stereocenters. The minimum Gasteiger partial charge on any atom is -0.462 e. The molecule has 0 saturated carbocycles. The number of carbonyl (C=O) groups is 2. The number of rotatable bonds is 32. The summed E-state index contributed by atoms with van der Waals surface area (Å²) in [7, 11) is 0. The van der Waals surface area contributed by atoms with Gasteiger partial charge in [-0.05, 0) is 38.5 Å². The highest BCUT2D eigenvalue weighted by Gasteiger charge is 2.44. The van der Waals surface area contributed by atoms with Gasteiger partial charge in [0, 0.05) is 12.8 Å². The first-order chi connectivity index (χ1) is 24.3. The molecule has 4 N–H and O–H groups in total. The molecular weight excluding hydrogens is 640 g/mol. The number of hydrogen-bond acceptors (Lipinski definition) is 10. The lowest BCUT2D eigenvalue weighted by atomic mass is 9.99. The molecule has 0 spiro atoms. The highest BCUT2D eigenvalue weighted by atomic mass is 16.7. The topological polar surface area (TPSA) is 152 Å². The van der Waals surface area contributed by atoms with Gasteiger partial charge < -0.3 is 39.4 Å². The van der Waals surface area contributed by atoms with Gasteiger partial charge in [0.05, 0.1) is 13.2 Å². The predicted octanol–water partition coefficient (Wildman–Crippen LogP) is 7.38. The second kappa shape index (κ2) is 31.9. The van der Waals surface area contributed by atoms with E-state index in [0.717, 1.165) is 44.9 Å². The number of aliphatic hydroxyl groups excluding tert-OH is 4. The highest BCUT2D eigenvalue weighted by molar-refractivity contribution is 5.70. The summed E-state index contributed by atoms with van der Waals surface area (Å²) in [5.74, 6) is -0.863. The van der Waals surface area contributed by atoms with Crippen LogP contribution in [-0.2, 0) is 28.5 Å². The van der Waals surface area contributed by atoms with E-state index in [2.05, 4.69) is 38.2 Å². The zero-order valence-electron chi connectivity index (χ0n) is 31.4. The number of unbranched alkanes of at least 4 members (excludes halogenated alkanes) is 17. The molecular formula is C40H72O10. The Balaban J connectivity index is 2.39.